The van der Waals surface area contributed by atoms with E-state index in [1.54, 1.807) is 18.5 Å². The third kappa shape index (κ3) is 2.96. The predicted molar refractivity (Wildman–Crippen MR) is 93.8 cm³/mol. The van der Waals surface area contributed by atoms with Gasteiger partial charge in [0.1, 0.15) is 18.0 Å². The number of aromatic nitrogens is 2. The molecule has 0 saturated carbocycles. The number of piperazine rings is 1. The molecule has 4 rings (SSSR count). The van der Waals surface area contributed by atoms with Gasteiger partial charge in [-0.05, 0) is 31.2 Å². The fourth-order valence-corrected chi connectivity index (χ4v) is 3.94. The zero-order chi connectivity index (χ0) is 16.5. The molecule has 5 nitrogen and oxygen atoms in total. The number of hydrogen-bond donors (Lipinski definition) is 0. The van der Waals surface area contributed by atoms with E-state index in [1.165, 1.54) is 6.07 Å². The summed E-state index contributed by atoms with van der Waals surface area (Å²) in [5.74, 6) is 0.638. The van der Waals surface area contributed by atoms with E-state index in [-0.39, 0.29) is 5.82 Å². The first-order valence-electron chi connectivity index (χ1n) is 8.86. The molecular formula is C18H24FN5. The van der Waals surface area contributed by atoms with Gasteiger partial charge in [-0.15, -0.1) is 0 Å². The van der Waals surface area contributed by atoms with Crippen molar-refractivity contribution in [1.82, 2.24) is 19.8 Å². The topological polar surface area (TPSA) is 35.5 Å². The van der Waals surface area contributed by atoms with Gasteiger partial charge >= 0.3 is 0 Å². The molecule has 0 radical (unpaired) electrons. The largest absolute Gasteiger partial charge is 0.354 e. The first-order chi connectivity index (χ1) is 11.7. The first kappa shape index (κ1) is 15.7. The second-order valence-corrected chi connectivity index (χ2v) is 6.72. The van der Waals surface area contributed by atoms with Gasteiger partial charge in [0.15, 0.2) is 0 Å². The van der Waals surface area contributed by atoms with Crippen LogP contribution in [0.3, 0.4) is 0 Å². The molecule has 0 aliphatic carbocycles. The second-order valence-electron chi connectivity index (χ2n) is 6.72. The van der Waals surface area contributed by atoms with Crippen molar-refractivity contribution in [1.29, 1.82) is 0 Å². The quantitative estimate of drug-likeness (QED) is 0.860. The van der Waals surface area contributed by atoms with Crippen LogP contribution in [0.15, 0.2) is 24.5 Å². The van der Waals surface area contributed by atoms with Crippen LogP contribution in [-0.2, 0) is 0 Å². The lowest BCUT2D eigenvalue weighted by atomic mass is 10.2. The summed E-state index contributed by atoms with van der Waals surface area (Å²) in [6, 6.07) is 5.31. The minimum Gasteiger partial charge on any atom is -0.354 e. The molecule has 1 unspecified atom stereocenters. The fourth-order valence-electron chi connectivity index (χ4n) is 3.94. The number of anilines is 1. The van der Waals surface area contributed by atoms with Gasteiger partial charge in [0.2, 0.25) is 0 Å². The average molecular weight is 329 g/mol. The van der Waals surface area contributed by atoms with E-state index in [1.807, 2.05) is 0 Å². The Morgan fingerprint density at radius 1 is 1.12 bits per heavy atom. The number of likely N-dealkylation sites (N-methyl/N-ethyl adjacent to an activating group) is 1. The van der Waals surface area contributed by atoms with Crippen LogP contribution in [0.2, 0.25) is 0 Å². The number of rotatable bonds is 3. The Hall–Kier alpha value is -1.79. The molecule has 24 heavy (non-hydrogen) atoms. The molecule has 0 N–H and O–H groups in total. The van der Waals surface area contributed by atoms with Crippen molar-refractivity contribution in [3.63, 3.8) is 0 Å². The maximum absolute atomic E-state index is 13.7. The van der Waals surface area contributed by atoms with Crippen LogP contribution < -0.4 is 4.90 Å². The highest BCUT2D eigenvalue weighted by molar-refractivity contribution is 5.89. The molecular weight excluding hydrogens is 305 g/mol. The van der Waals surface area contributed by atoms with Crippen LogP contribution in [0.1, 0.15) is 13.3 Å². The average Bonchev–Trinajstić information content (AvgIpc) is 3.11. The molecule has 2 fully saturated rings. The zero-order valence-corrected chi connectivity index (χ0v) is 14.2. The molecule has 1 atom stereocenters. The van der Waals surface area contributed by atoms with E-state index < -0.39 is 0 Å². The second kappa shape index (κ2) is 6.61. The number of hydrogen-bond acceptors (Lipinski definition) is 5. The summed E-state index contributed by atoms with van der Waals surface area (Å²) in [7, 11) is 0. The van der Waals surface area contributed by atoms with Crippen molar-refractivity contribution >= 4 is 16.7 Å². The van der Waals surface area contributed by atoms with Crippen LogP contribution in [0.4, 0.5) is 10.2 Å². The minimum atomic E-state index is -0.231. The van der Waals surface area contributed by atoms with Crippen molar-refractivity contribution in [2.24, 2.45) is 0 Å². The van der Waals surface area contributed by atoms with Crippen molar-refractivity contribution in [3.05, 3.63) is 30.3 Å². The molecule has 1 aromatic heterocycles. The van der Waals surface area contributed by atoms with Crippen LogP contribution in [0.25, 0.3) is 10.9 Å². The van der Waals surface area contributed by atoms with Crippen molar-refractivity contribution in [2.45, 2.75) is 19.4 Å². The Kier molecular flexibility index (Phi) is 4.33. The summed E-state index contributed by atoms with van der Waals surface area (Å²) < 4.78 is 13.7. The Bertz CT molecular complexity index is 714. The molecule has 6 heteroatoms. The molecule has 2 saturated heterocycles. The molecule has 3 heterocycles. The molecule has 0 amide bonds. The van der Waals surface area contributed by atoms with Gasteiger partial charge in [0, 0.05) is 50.7 Å². The molecule has 2 aliphatic rings. The lowest BCUT2D eigenvalue weighted by Gasteiger charge is -2.37. The van der Waals surface area contributed by atoms with E-state index >= 15 is 0 Å². The summed E-state index contributed by atoms with van der Waals surface area (Å²) >= 11 is 0. The normalized spacial score (nSPS) is 23.2. The molecule has 2 aromatic rings. The van der Waals surface area contributed by atoms with Crippen LogP contribution >= 0.6 is 0 Å². The Morgan fingerprint density at radius 3 is 2.75 bits per heavy atom. The number of halogens is 1. The monoisotopic (exact) mass is 329 g/mol. The lowest BCUT2D eigenvalue weighted by molar-refractivity contribution is 0.107. The van der Waals surface area contributed by atoms with Gasteiger partial charge in [-0.25, -0.2) is 14.4 Å². The molecule has 1 aromatic carbocycles. The van der Waals surface area contributed by atoms with Gasteiger partial charge in [-0.1, -0.05) is 6.92 Å². The number of fused-ring (bicyclic) bond motifs is 1. The highest BCUT2D eigenvalue weighted by Gasteiger charge is 2.31. The van der Waals surface area contributed by atoms with Gasteiger partial charge in [-0.3, -0.25) is 4.90 Å². The SMILES string of the molecule is CCN1CCN(C2CCN(c3ncnc4ccc(F)cc34)C2)CC1. The summed E-state index contributed by atoms with van der Waals surface area (Å²) in [6.07, 6.45) is 2.73. The van der Waals surface area contributed by atoms with Gasteiger partial charge in [-0.2, -0.15) is 0 Å². The van der Waals surface area contributed by atoms with Crippen molar-refractivity contribution in [2.75, 3.05) is 50.7 Å². The first-order valence-corrected chi connectivity index (χ1v) is 8.86. The summed E-state index contributed by atoms with van der Waals surface area (Å²) in [5.41, 5.74) is 0.807. The summed E-state index contributed by atoms with van der Waals surface area (Å²) in [4.78, 5) is 16.1. The van der Waals surface area contributed by atoms with E-state index in [9.17, 15) is 4.39 Å². The van der Waals surface area contributed by atoms with E-state index in [0.717, 1.165) is 69.0 Å². The standard InChI is InChI=1S/C18H24FN5/c1-2-22-7-9-23(10-8-22)15-5-6-24(12-15)18-16-11-14(19)3-4-17(16)20-13-21-18/h3-4,11,13,15H,2,5-10,12H2,1H3. The number of benzene rings is 1. The maximum Gasteiger partial charge on any atom is 0.140 e. The molecule has 0 bridgehead atoms. The van der Waals surface area contributed by atoms with Crippen LogP contribution in [0, 0.1) is 5.82 Å². The fraction of sp³-hybridized carbons (Fsp3) is 0.556. The van der Waals surface area contributed by atoms with E-state index in [4.69, 9.17) is 0 Å². The summed E-state index contributed by atoms with van der Waals surface area (Å²) in [5, 5.41) is 0.814. The van der Waals surface area contributed by atoms with Gasteiger partial charge in [0.05, 0.1) is 5.52 Å². The van der Waals surface area contributed by atoms with E-state index in [0.29, 0.717) is 6.04 Å². The van der Waals surface area contributed by atoms with Crippen molar-refractivity contribution < 1.29 is 4.39 Å². The van der Waals surface area contributed by atoms with Gasteiger partial charge in [0.25, 0.3) is 0 Å². The minimum absolute atomic E-state index is 0.231. The third-order valence-corrected chi connectivity index (χ3v) is 5.41. The molecule has 2 aliphatic heterocycles. The highest BCUT2D eigenvalue weighted by Crippen LogP contribution is 2.28. The lowest BCUT2D eigenvalue weighted by Crippen LogP contribution is -2.50. The predicted octanol–water partition coefficient (Wildman–Crippen LogP) is 1.99. The zero-order valence-electron chi connectivity index (χ0n) is 14.2. The summed E-state index contributed by atoms with van der Waals surface area (Å²) in [6.45, 7) is 9.92. The Morgan fingerprint density at radius 2 is 1.96 bits per heavy atom. The number of nitrogens with zero attached hydrogens (tertiary/aromatic N) is 5. The molecule has 0 spiro atoms. The molecule has 128 valence electrons. The van der Waals surface area contributed by atoms with E-state index in [2.05, 4.69) is 31.6 Å². The van der Waals surface area contributed by atoms with Crippen LogP contribution in [-0.4, -0.2) is 71.6 Å². The smallest absolute Gasteiger partial charge is 0.140 e. The maximum atomic E-state index is 13.7. The van der Waals surface area contributed by atoms with Crippen molar-refractivity contribution in [3.8, 4) is 0 Å². The van der Waals surface area contributed by atoms with Gasteiger partial charge < -0.3 is 9.80 Å². The third-order valence-electron chi connectivity index (χ3n) is 5.41. The Balaban J connectivity index is 1.50. The Labute approximate surface area is 142 Å². The van der Waals surface area contributed by atoms with Crippen LogP contribution in [0.5, 0.6) is 0 Å². The highest BCUT2D eigenvalue weighted by atomic mass is 19.1.